The Morgan fingerprint density at radius 1 is 1.23 bits per heavy atom. The largest absolute Gasteiger partial charge is 0.481 e. The lowest BCUT2D eigenvalue weighted by molar-refractivity contribution is -0.137. The second kappa shape index (κ2) is 7.64. The molecule has 0 aliphatic carbocycles. The van der Waals surface area contributed by atoms with Crippen LogP contribution in [0.25, 0.3) is 11.0 Å². The van der Waals surface area contributed by atoms with Crippen molar-refractivity contribution in [1.29, 1.82) is 0 Å². The number of hydrogen-bond acceptors (Lipinski definition) is 3. The first kappa shape index (κ1) is 16.1. The quantitative estimate of drug-likeness (QED) is 0.733. The van der Waals surface area contributed by atoms with E-state index in [4.69, 9.17) is 9.52 Å². The molecule has 1 unspecified atom stereocenters. The molecule has 2 N–H and O–H groups in total. The molecule has 1 heterocycles. The smallest absolute Gasteiger partial charge is 0.303 e. The minimum Gasteiger partial charge on any atom is -0.481 e. The third-order valence-electron chi connectivity index (χ3n) is 3.63. The maximum Gasteiger partial charge on any atom is 0.303 e. The summed E-state index contributed by atoms with van der Waals surface area (Å²) in [4.78, 5) is 22.5. The van der Waals surface area contributed by atoms with E-state index in [-0.39, 0.29) is 18.2 Å². The number of rotatable bonds is 8. The van der Waals surface area contributed by atoms with E-state index in [1.54, 1.807) is 0 Å². The lowest BCUT2D eigenvalue weighted by Crippen LogP contribution is -2.28. The number of carboxylic acids is 1. The summed E-state index contributed by atoms with van der Waals surface area (Å²) >= 11 is 0. The molecular formula is C17H21NO4. The number of furan rings is 1. The number of nitrogens with one attached hydrogen (secondary N) is 1. The van der Waals surface area contributed by atoms with Crippen LogP contribution >= 0.6 is 0 Å². The van der Waals surface area contributed by atoms with Crippen molar-refractivity contribution in [3.63, 3.8) is 0 Å². The number of amides is 1. The van der Waals surface area contributed by atoms with Crippen LogP contribution in [0, 0.1) is 0 Å². The van der Waals surface area contributed by atoms with Gasteiger partial charge in [0.05, 0.1) is 5.92 Å². The van der Waals surface area contributed by atoms with Gasteiger partial charge in [-0.3, -0.25) is 9.59 Å². The normalized spacial score (nSPS) is 12.2. The average Bonchev–Trinajstić information content (AvgIpc) is 2.93. The summed E-state index contributed by atoms with van der Waals surface area (Å²) in [7, 11) is 0. The summed E-state index contributed by atoms with van der Waals surface area (Å²) in [6, 6.07) is 9.56. The first-order valence-electron chi connectivity index (χ1n) is 7.56. The van der Waals surface area contributed by atoms with Crippen LogP contribution in [0.15, 0.2) is 34.7 Å². The Kier molecular flexibility index (Phi) is 5.58. The van der Waals surface area contributed by atoms with Gasteiger partial charge in [0.15, 0.2) is 0 Å². The van der Waals surface area contributed by atoms with Gasteiger partial charge in [0.1, 0.15) is 11.3 Å². The highest BCUT2D eigenvalue weighted by Crippen LogP contribution is 2.24. The molecule has 0 spiro atoms. The van der Waals surface area contributed by atoms with Crippen LogP contribution in [-0.4, -0.2) is 23.5 Å². The number of benzene rings is 1. The number of carbonyl (C=O) groups excluding carboxylic acids is 1. The maximum atomic E-state index is 12.1. The lowest BCUT2D eigenvalue weighted by atomic mass is 10.1. The first-order valence-corrected chi connectivity index (χ1v) is 7.56. The van der Waals surface area contributed by atoms with Crippen molar-refractivity contribution >= 4 is 22.8 Å². The highest BCUT2D eigenvalue weighted by Gasteiger charge is 2.18. The summed E-state index contributed by atoms with van der Waals surface area (Å²) in [6.45, 7) is 2.38. The molecule has 0 radical (unpaired) electrons. The Bertz CT molecular complexity index is 614. The fourth-order valence-electron chi connectivity index (χ4n) is 2.29. The minimum absolute atomic E-state index is 0.0720. The van der Waals surface area contributed by atoms with Gasteiger partial charge in [0.25, 0.3) is 0 Å². The molecular weight excluding hydrogens is 282 g/mol. The molecule has 118 valence electrons. The summed E-state index contributed by atoms with van der Waals surface area (Å²) < 4.78 is 5.70. The van der Waals surface area contributed by atoms with E-state index >= 15 is 0 Å². The second-order valence-corrected chi connectivity index (χ2v) is 5.40. The predicted octanol–water partition coefficient (Wildman–Crippen LogP) is 3.30. The van der Waals surface area contributed by atoms with Crippen LogP contribution in [0.5, 0.6) is 0 Å². The van der Waals surface area contributed by atoms with Gasteiger partial charge in [-0.15, -0.1) is 0 Å². The van der Waals surface area contributed by atoms with E-state index in [1.807, 2.05) is 37.3 Å². The van der Waals surface area contributed by atoms with Crippen LogP contribution in [-0.2, 0) is 9.59 Å². The topological polar surface area (TPSA) is 79.5 Å². The van der Waals surface area contributed by atoms with Crippen LogP contribution < -0.4 is 5.32 Å². The number of aliphatic carboxylic acids is 1. The minimum atomic E-state index is -0.775. The summed E-state index contributed by atoms with van der Waals surface area (Å²) in [6.07, 6.45) is 2.41. The number of carbonyl (C=O) groups is 2. The zero-order valence-electron chi connectivity index (χ0n) is 12.7. The van der Waals surface area contributed by atoms with Crippen molar-refractivity contribution in [3.05, 3.63) is 36.1 Å². The van der Waals surface area contributed by atoms with Gasteiger partial charge in [-0.1, -0.05) is 24.6 Å². The fraction of sp³-hybridized carbons (Fsp3) is 0.412. The summed E-state index contributed by atoms with van der Waals surface area (Å²) in [5.74, 6) is -0.532. The van der Waals surface area contributed by atoms with Gasteiger partial charge in [-0.05, 0) is 31.9 Å². The molecule has 0 fully saturated rings. The van der Waals surface area contributed by atoms with E-state index in [1.165, 1.54) is 0 Å². The molecule has 1 aromatic heterocycles. The molecule has 1 aromatic carbocycles. The highest BCUT2D eigenvalue weighted by molar-refractivity contribution is 5.85. The number of fused-ring (bicyclic) bond motifs is 1. The van der Waals surface area contributed by atoms with Crippen LogP contribution in [0.1, 0.15) is 44.3 Å². The van der Waals surface area contributed by atoms with Gasteiger partial charge in [0.2, 0.25) is 5.91 Å². The van der Waals surface area contributed by atoms with Crippen molar-refractivity contribution in [1.82, 2.24) is 5.32 Å². The van der Waals surface area contributed by atoms with Crippen LogP contribution in [0.4, 0.5) is 0 Å². The van der Waals surface area contributed by atoms with Gasteiger partial charge in [-0.2, -0.15) is 0 Å². The number of unbranched alkanes of at least 4 members (excludes halogenated alkanes) is 2. The van der Waals surface area contributed by atoms with E-state index in [2.05, 4.69) is 5.32 Å². The Hall–Kier alpha value is -2.30. The molecule has 5 heteroatoms. The molecule has 1 atom stereocenters. The predicted molar refractivity (Wildman–Crippen MR) is 83.7 cm³/mol. The van der Waals surface area contributed by atoms with E-state index in [0.29, 0.717) is 18.7 Å². The maximum absolute atomic E-state index is 12.1. The molecule has 0 saturated carbocycles. The molecule has 0 bridgehead atoms. The van der Waals surface area contributed by atoms with E-state index in [0.717, 1.165) is 23.8 Å². The molecule has 22 heavy (non-hydrogen) atoms. The Morgan fingerprint density at radius 2 is 2.00 bits per heavy atom. The van der Waals surface area contributed by atoms with Gasteiger partial charge in [-0.25, -0.2) is 0 Å². The Morgan fingerprint density at radius 3 is 2.73 bits per heavy atom. The van der Waals surface area contributed by atoms with Gasteiger partial charge in [0, 0.05) is 18.4 Å². The highest BCUT2D eigenvalue weighted by atomic mass is 16.4. The van der Waals surface area contributed by atoms with Crippen molar-refractivity contribution in [2.75, 3.05) is 6.54 Å². The van der Waals surface area contributed by atoms with Crippen molar-refractivity contribution in [2.45, 2.75) is 38.5 Å². The molecule has 5 nitrogen and oxygen atoms in total. The number of para-hydroxylation sites is 1. The lowest BCUT2D eigenvalue weighted by Gasteiger charge is -2.09. The average molecular weight is 303 g/mol. The standard InChI is InChI=1S/C17H21NO4/c1-12(15-11-13-7-4-5-8-14(13)22-15)17(21)18-10-6-2-3-9-16(19)20/h4-5,7-8,11-12H,2-3,6,9-10H2,1H3,(H,18,21)(H,19,20). The summed E-state index contributed by atoms with van der Waals surface area (Å²) in [5, 5.41) is 12.4. The van der Waals surface area contributed by atoms with Gasteiger partial charge < -0.3 is 14.8 Å². The molecule has 2 rings (SSSR count). The Labute approximate surface area is 129 Å². The third-order valence-corrected chi connectivity index (χ3v) is 3.63. The summed E-state index contributed by atoms with van der Waals surface area (Å²) in [5.41, 5.74) is 0.783. The van der Waals surface area contributed by atoms with Crippen LogP contribution in [0.3, 0.4) is 0 Å². The molecule has 1 amide bonds. The zero-order valence-corrected chi connectivity index (χ0v) is 12.7. The fourth-order valence-corrected chi connectivity index (χ4v) is 2.29. The first-order chi connectivity index (χ1) is 10.6. The SMILES string of the molecule is CC(C(=O)NCCCCCC(=O)O)c1cc2ccccc2o1. The Balaban J connectivity index is 1.78. The van der Waals surface area contributed by atoms with Crippen molar-refractivity contribution in [3.8, 4) is 0 Å². The molecule has 0 saturated heterocycles. The molecule has 0 aliphatic rings. The number of hydrogen-bond donors (Lipinski definition) is 2. The third kappa shape index (κ3) is 4.35. The van der Waals surface area contributed by atoms with Crippen LogP contribution in [0.2, 0.25) is 0 Å². The van der Waals surface area contributed by atoms with E-state index < -0.39 is 5.97 Å². The van der Waals surface area contributed by atoms with Gasteiger partial charge >= 0.3 is 5.97 Å². The number of carboxylic acid groups (broad SMARTS) is 1. The molecule has 2 aromatic rings. The van der Waals surface area contributed by atoms with E-state index in [9.17, 15) is 9.59 Å². The second-order valence-electron chi connectivity index (χ2n) is 5.40. The zero-order chi connectivity index (χ0) is 15.9. The van der Waals surface area contributed by atoms with Crippen molar-refractivity contribution < 1.29 is 19.1 Å². The van der Waals surface area contributed by atoms with Crippen molar-refractivity contribution in [2.24, 2.45) is 0 Å². The monoisotopic (exact) mass is 303 g/mol. The molecule has 0 aliphatic heterocycles.